The van der Waals surface area contributed by atoms with Gasteiger partial charge < -0.3 is 14.8 Å². The molecule has 7 heteroatoms. The third-order valence-corrected chi connectivity index (χ3v) is 4.73. The maximum absolute atomic E-state index is 13.7. The molecule has 0 aliphatic rings. The fourth-order valence-corrected chi connectivity index (χ4v) is 3.24. The fraction of sp³-hybridized carbons (Fsp3) is 0.217. The molecule has 0 saturated heterocycles. The number of fused-ring (bicyclic) bond motifs is 1. The Kier molecular flexibility index (Phi) is 5.90. The van der Waals surface area contributed by atoms with E-state index in [1.54, 1.807) is 17.9 Å². The molecule has 6 nitrogen and oxygen atoms in total. The van der Waals surface area contributed by atoms with Crippen LogP contribution in [0.25, 0.3) is 10.9 Å². The van der Waals surface area contributed by atoms with E-state index >= 15 is 0 Å². The van der Waals surface area contributed by atoms with Gasteiger partial charge in [-0.25, -0.2) is 9.37 Å². The second kappa shape index (κ2) is 8.92. The third kappa shape index (κ3) is 4.75. The lowest BCUT2D eigenvalue weighted by molar-refractivity contribution is 0.290. The minimum absolute atomic E-state index is 0.323. The zero-order valence-corrected chi connectivity index (χ0v) is 16.9. The Morgan fingerprint density at radius 2 is 1.97 bits per heavy atom. The monoisotopic (exact) mass is 406 g/mol. The van der Waals surface area contributed by atoms with Gasteiger partial charge in [-0.3, -0.25) is 4.68 Å². The van der Waals surface area contributed by atoms with Gasteiger partial charge in [0.2, 0.25) is 5.88 Å². The van der Waals surface area contributed by atoms with Gasteiger partial charge in [0.25, 0.3) is 0 Å². The number of hydrogen-bond acceptors (Lipinski definition) is 5. The van der Waals surface area contributed by atoms with Gasteiger partial charge in [0.15, 0.2) is 0 Å². The summed E-state index contributed by atoms with van der Waals surface area (Å²) in [5.41, 5.74) is 3.52. The van der Waals surface area contributed by atoms with E-state index in [9.17, 15) is 4.39 Å². The van der Waals surface area contributed by atoms with Crippen LogP contribution in [-0.2, 0) is 26.7 Å². The number of halogens is 1. The second-order valence-electron chi connectivity index (χ2n) is 7.06. The summed E-state index contributed by atoms with van der Waals surface area (Å²) in [7, 11) is 3.52. The highest BCUT2D eigenvalue weighted by Crippen LogP contribution is 2.24. The van der Waals surface area contributed by atoms with Crippen LogP contribution in [0.1, 0.15) is 16.7 Å². The lowest BCUT2D eigenvalue weighted by Crippen LogP contribution is -2.14. The Morgan fingerprint density at radius 3 is 2.77 bits per heavy atom. The summed E-state index contributed by atoms with van der Waals surface area (Å²) in [5.74, 6) is 0.925. The number of pyridine rings is 1. The van der Waals surface area contributed by atoms with Crippen LogP contribution in [0.5, 0.6) is 11.6 Å². The molecule has 0 fully saturated rings. The van der Waals surface area contributed by atoms with Crippen LogP contribution in [0.4, 0.5) is 4.39 Å². The number of hydrogen-bond donors (Lipinski definition) is 1. The van der Waals surface area contributed by atoms with Gasteiger partial charge in [-0.05, 0) is 35.9 Å². The van der Waals surface area contributed by atoms with Crippen molar-refractivity contribution >= 4 is 10.9 Å². The molecular formula is C23H23FN4O2. The number of nitrogens with zero attached hydrogens (tertiary/aromatic N) is 3. The summed E-state index contributed by atoms with van der Waals surface area (Å²) in [6.07, 6.45) is 3.79. The zero-order valence-electron chi connectivity index (χ0n) is 16.9. The molecule has 0 aliphatic heterocycles. The molecular weight excluding hydrogens is 383 g/mol. The van der Waals surface area contributed by atoms with E-state index in [2.05, 4.69) is 15.4 Å². The molecule has 0 unspecified atom stereocenters. The molecule has 154 valence electrons. The Labute approximate surface area is 174 Å². The van der Waals surface area contributed by atoms with Crippen molar-refractivity contribution < 1.29 is 13.9 Å². The van der Waals surface area contributed by atoms with Gasteiger partial charge in [-0.2, -0.15) is 5.10 Å². The largest absolute Gasteiger partial charge is 0.497 e. The Balaban J connectivity index is 1.55. The van der Waals surface area contributed by atoms with E-state index in [-0.39, 0.29) is 5.82 Å². The number of benzene rings is 2. The maximum atomic E-state index is 13.7. The maximum Gasteiger partial charge on any atom is 0.218 e. The summed E-state index contributed by atoms with van der Waals surface area (Å²) < 4.78 is 26.8. The minimum Gasteiger partial charge on any atom is -0.497 e. The topological polar surface area (TPSA) is 61.2 Å². The normalized spacial score (nSPS) is 11.0. The smallest absolute Gasteiger partial charge is 0.218 e. The van der Waals surface area contributed by atoms with Crippen molar-refractivity contribution in [1.82, 2.24) is 20.1 Å². The van der Waals surface area contributed by atoms with E-state index in [1.165, 1.54) is 12.1 Å². The van der Waals surface area contributed by atoms with Crippen molar-refractivity contribution in [2.24, 2.45) is 7.05 Å². The Hall–Kier alpha value is -3.45. The highest BCUT2D eigenvalue weighted by atomic mass is 19.1. The number of aryl methyl sites for hydroxylation is 1. The first kappa shape index (κ1) is 19.8. The molecule has 0 aliphatic carbocycles. The van der Waals surface area contributed by atoms with Gasteiger partial charge in [0, 0.05) is 48.9 Å². The highest BCUT2D eigenvalue weighted by Gasteiger charge is 2.10. The van der Waals surface area contributed by atoms with Gasteiger partial charge in [0.1, 0.15) is 18.2 Å². The third-order valence-electron chi connectivity index (χ3n) is 4.73. The van der Waals surface area contributed by atoms with E-state index in [1.807, 2.05) is 49.8 Å². The molecule has 0 saturated carbocycles. The molecule has 2 heterocycles. The molecule has 0 spiro atoms. The van der Waals surface area contributed by atoms with E-state index in [0.717, 1.165) is 27.8 Å². The lowest BCUT2D eigenvalue weighted by Gasteiger charge is -2.13. The van der Waals surface area contributed by atoms with Crippen LogP contribution in [0.2, 0.25) is 0 Å². The summed E-state index contributed by atoms with van der Waals surface area (Å²) >= 11 is 0. The molecule has 2 aromatic carbocycles. The Bertz CT molecular complexity index is 1160. The van der Waals surface area contributed by atoms with Crippen LogP contribution >= 0.6 is 0 Å². The van der Waals surface area contributed by atoms with Crippen molar-refractivity contribution in [2.45, 2.75) is 19.7 Å². The number of methoxy groups -OCH3 is 1. The van der Waals surface area contributed by atoms with Gasteiger partial charge in [0.05, 0.1) is 18.8 Å². The second-order valence-corrected chi connectivity index (χ2v) is 7.06. The molecule has 30 heavy (non-hydrogen) atoms. The molecule has 4 rings (SSSR count). The van der Waals surface area contributed by atoms with E-state index in [0.29, 0.717) is 31.1 Å². The van der Waals surface area contributed by atoms with Crippen LogP contribution in [0.3, 0.4) is 0 Å². The molecule has 0 amide bonds. The minimum atomic E-state index is -0.323. The standard InChI is InChI=1S/C23H23FN4O2/c1-28-14-17(12-26-28)11-25-13-19-9-18-6-7-20(24)10-22(18)27-23(19)30-15-16-4-3-5-21(8-16)29-2/h3-10,12,14,25H,11,13,15H2,1-2H3. The van der Waals surface area contributed by atoms with Crippen molar-refractivity contribution in [3.63, 3.8) is 0 Å². The van der Waals surface area contributed by atoms with Crippen LogP contribution < -0.4 is 14.8 Å². The van der Waals surface area contributed by atoms with Crippen LogP contribution in [-0.4, -0.2) is 21.9 Å². The van der Waals surface area contributed by atoms with Gasteiger partial charge in [-0.15, -0.1) is 0 Å². The summed E-state index contributed by atoms with van der Waals surface area (Å²) in [6.45, 7) is 1.56. The molecule has 0 radical (unpaired) electrons. The van der Waals surface area contributed by atoms with Crippen molar-refractivity contribution in [2.75, 3.05) is 7.11 Å². The van der Waals surface area contributed by atoms with Crippen LogP contribution in [0, 0.1) is 5.82 Å². The predicted molar refractivity (Wildman–Crippen MR) is 113 cm³/mol. The first-order valence-electron chi connectivity index (χ1n) is 9.64. The number of aromatic nitrogens is 3. The van der Waals surface area contributed by atoms with Crippen molar-refractivity contribution in [3.05, 3.63) is 83.4 Å². The quantitative estimate of drug-likeness (QED) is 0.480. The molecule has 0 atom stereocenters. The SMILES string of the molecule is COc1cccc(COc2nc3cc(F)ccc3cc2CNCc2cnn(C)c2)c1. The summed E-state index contributed by atoms with van der Waals surface area (Å²) in [4.78, 5) is 4.57. The van der Waals surface area contributed by atoms with Gasteiger partial charge >= 0.3 is 0 Å². The molecule has 1 N–H and O–H groups in total. The zero-order chi connectivity index (χ0) is 20.9. The first-order valence-corrected chi connectivity index (χ1v) is 9.64. The van der Waals surface area contributed by atoms with Gasteiger partial charge in [-0.1, -0.05) is 12.1 Å². The molecule has 0 bridgehead atoms. The molecule has 4 aromatic rings. The average molecular weight is 406 g/mol. The van der Waals surface area contributed by atoms with Crippen molar-refractivity contribution in [3.8, 4) is 11.6 Å². The highest BCUT2D eigenvalue weighted by molar-refractivity contribution is 5.80. The number of ether oxygens (including phenoxy) is 2. The first-order chi connectivity index (χ1) is 14.6. The molecule has 2 aromatic heterocycles. The fourth-order valence-electron chi connectivity index (χ4n) is 3.24. The number of rotatable bonds is 8. The average Bonchev–Trinajstić information content (AvgIpc) is 3.17. The van der Waals surface area contributed by atoms with E-state index in [4.69, 9.17) is 9.47 Å². The van der Waals surface area contributed by atoms with Crippen molar-refractivity contribution in [1.29, 1.82) is 0 Å². The Morgan fingerprint density at radius 1 is 1.07 bits per heavy atom. The summed E-state index contributed by atoms with van der Waals surface area (Å²) in [5, 5.41) is 8.44. The lowest BCUT2D eigenvalue weighted by atomic mass is 10.1. The number of nitrogens with one attached hydrogen (secondary N) is 1. The predicted octanol–water partition coefficient (Wildman–Crippen LogP) is 3.98. The van der Waals surface area contributed by atoms with E-state index < -0.39 is 0 Å². The van der Waals surface area contributed by atoms with Crippen LogP contribution in [0.15, 0.2) is 60.9 Å². The summed E-state index contributed by atoms with van der Waals surface area (Å²) in [6, 6.07) is 14.2.